The van der Waals surface area contributed by atoms with E-state index < -0.39 is 0 Å². The lowest BCUT2D eigenvalue weighted by molar-refractivity contribution is 0.192. The van der Waals surface area contributed by atoms with E-state index in [4.69, 9.17) is 5.26 Å². The Labute approximate surface area is 145 Å². The SMILES string of the molecule is Cc1nc(C2CCCN(C(=O)Nc3ccc(C#N)cc3)C2)cc(=O)[nH]1. The molecule has 1 aliphatic rings. The number of aromatic nitrogens is 2. The molecule has 128 valence electrons. The van der Waals surface area contributed by atoms with Gasteiger partial charge in [0.1, 0.15) is 5.82 Å². The first kappa shape index (κ1) is 16.7. The molecule has 2 aromatic rings. The number of nitrogens with one attached hydrogen (secondary N) is 2. The molecular formula is C18H19N5O2. The summed E-state index contributed by atoms with van der Waals surface area (Å²) in [6, 6.07) is 10.1. The van der Waals surface area contributed by atoms with Gasteiger partial charge in [0.2, 0.25) is 0 Å². The van der Waals surface area contributed by atoms with Crippen LogP contribution < -0.4 is 10.9 Å². The van der Waals surface area contributed by atoms with Gasteiger partial charge in [-0.25, -0.2) is 9.78 Å². The van der Waals surface area contributed by atoms with E-state index in [-0.39, 0.29) is 17.5 Å². The smallest absolute Gasteiger partial charge is 0.321 e. The van der Waals surface area contributed by atoms with Crippen LogP contribution in [0.5, 0.6) is 0 Å². The Balaban J connectivity index is 1.68. The molecule has 3 rings (SSSR count). The van der Waals surface area contributed by atoms with Crippen LogP contribution in [0, 0.1) is 18.3 Å². The summed E-state index contributed by atoms with van der Waals surface area (Å²) >= 11 is 0. The molecule has 1 aromatic heterocycles. The van der Waals surface area contributed by atoms with Gasteiger partial charge in [0.05, 0.1) is 17.3 Å². The second-order valence-electron chi connectivity index (χ2n) is 6.16. The molecule has 25 heavy (non-hydrogen) atoms. The van der Waals surface area contributed by atoms with E-state index >= 15 is 0 Å². The molecule has 1 aliphatic heterocycles. The summed E-state index contributed by atoms with van der Waals surface area (Å²) in [5.41, 5.74) is 1.77. The molecule has 0 bridgehead atoms. The summed E-state index contributed by atoms with van der Waals surface area (Å²) in [6.45, 7) is 2.95. The van der Waals surface area contributed by atoms with Crippen molar-refractivity contribution in [2.24, 2.45) is 0 Å². The summed E-state index contributed by atoms with van der Waals surface area (Å²) in [5.74, 6) is 0.642. The van der Waals surface area contributed by atoms with E-state index in [0.29, 0.717) is 30.2 Å². The maximum Gasteiger partial charge on any atom is 0.321 e. The zero-order valence-electron chi connectivity index (χ0n) is 14.0. The number of benzene rings is 1. The van der Waals surface area contributed by atoms with Gasteiger partial charge in [-0.05, 0) is 44.0 Å². The Bertz CT molecular complexity index is 866. The fourth-order valence-corrected chi connectivity index (χ4v) is 3.05. The Hall–Kier alpha value is -3.14. The van der Waals surface area contributed by atoms with Gasteiger partial charge in [-0.2, -0.15) is 5.26 Å². The summed E-state index contributed by atoms with van der Waals surface area (Å²) < 4.78 is 0. The van der Waals surface area contributed by atoms with Crippen molar-refractivity contribution in [1.29, 1.82) is 5.26 Å². The zero-order chi connectivity index (χ0) is 17.8. The number of hydrogen-bond acceptors (Lipinski definition) is 4. The minimum Gasteiger partial charge on any atom is -0.324 e. The van der Waals surface area contributed by atoms with Crippen LogP contribution in [0.4, 0.5) is 10.5 Å². The van der Waals surface area contributed by atoms with E-state index in [1.54, 1.807) is 36.1 Å². The van der Waals surface area contributed by atoms with Gasteiger partial charge in [-0.1, -0.05) is 0 Å². The highest BCUT2D eigenvalue weighted by atomic mass is 16.2. The van der Waals surface area contributed by atoms with Gasteiger partial charge in [-0.3, -0.25) is 4.79 Å². The predicted molar refractivity (Wildman–Crippen MR) is 93.3 cm³/mol. The van der Waals surface area contributed by atoms with Crippen molar-refractivity contribution >= 4 is 11.7 Å². The number of aromatic amines is 1. The number of likely N-dealkylation sites (tertiary alicyclic amines) is 1. The van der Waals surface area contributed by atoms with Crippen molar-refractivity contribution in [3.8, 4) is 6.07 Å². The molecule has 0 saturated carbocycles. The third-order valence-corrected chi connectivity index (χ3v) is 4.27. The molecule has 1 aromatic carbocycles. The Morgan fingerprint density at radius 3 is 2.84 bits per heavy atom. The normalized spacial score (nSPS) is 17.0. The van der Waals surface area contributed by atoms with Crippen molar-refractivity contribution in [2.75, 3.05) is 18.4 Å². The number of H-pyrrole nitrogens is 1. The van der Waals surface area contributed by atoms with Crippen LogP contribution in [0.15, 0.2) is 35.1 Å². The fraction of sp³-hybridized carbons (Fsp3) is 0.333. The number of carbonyl (C=O) groups excluding carboxylic acids is 1. The van der Waals surface area contributed by atoms with E-state index in [1.807, 2.05) is 6.07 Å². The topological polar surface area (TPSA) is 102 Å². The second kappa shape index (κ2) is 7.18. The number of carbonyl (C=O) groups is 1. The number of urea groups is 1. The molecule has 1 atom stereocenters. The van der Waals surface area contributed by atoms with Crippen LogP contribution in [0.3, 0.4) is 0 Å². The van der Waals surface area contributed by atoms with Gasteiger partial charge in [-0.15, -0.1) is 0 Å². The number of nitrogens with zero attached hydrogens (tertiary/aromatic N) is 3. The molecule has 1 fully saturated rings. The summed E-state index contributed by atoms with van der Waals surface area (Å²) in [4.78, 5) is 32.9. The number of nitriles is 1. The van der Waals surface area contributed by atoms with Crippen LogP contribution in [0.1, 0.15) is 35.8 Å². The molecule has 1 unspecified atom stereocenters. The third-order valence-electron chi connectivity index (χ3n) is 4.27. The molecule has 7 heteroatoms. The Morgan fingerprint density at radius 2 is 2.16 bits per heavy atom. The third kappa shape index (κ3) is 4.04. The highest BCUT2D eigenvalue weighted by Gasteiger charge is 2.26. The lowest BCUT2D eigenvalue weighted by Crippen LogP contribution is -2.42. The molecule has 0 radical (unpaired) electrons. The number of rotatable bonds is 2. The number of piperidine rings is 1. The van der Waals surface area contributed by atoms with Crippen molar-refractivity contribution in [1.82, 2.24) is 14.9 Å². The maximum atomic E-state index is 12.5. The molecule has 2 heterocycles. The van der Waals surface area contributed by atoms with Crippen LogP contribution >= 0.6 is 0 Å². The quantitative estimate of drug-likeness (QED) is 0.878. The summed E-state index contributed by atoms with van der Waals surface area (Å²) in [5, 5.41) is 11.7. The van der Waals surface area contributed by atoms with Gasteiger partial charge >= 0.3 is 6.03 Å². The Kier molecular flexibility index (Phi) is 4.80. The summed E-state index contributed by atoms with van der Waals surface area (Å²) in [7, 11) is 0. The van der Waals surface area contributed by atoms with E-state index in [0.717, 1.165) is 18.5 Å². The average molecular weight is 337 g/mol. The predicted octanol–water partition coefficient (Wildman–Crippen LogP) is 2.36. The van der Waals surface area contributed by atoms with Gasteiger partial charge < -0.3 is 15.2 Å². The van der Waals surface area contributed by atoms with Crippen LogP contribution in [-0.2, 0) is 0 Å². The molecule has 7 nitrogen and oxygen atoms in total. The largest absolute Gasteiger partial charge is 0.324 e. The monoisotopic (exact) mass is 337 g/mol. The molecule has 0 spiro atoms. The summed E-state index contributed by atoms with van der Waals surface area (Å²) in [6.07, 6.45) is 1.76. The van der Waals surface area contributed by atoms with Crippen molar-refractivity contribution < 1.29 is 4.79 Å². The van der Waals surface area contributed by atoms with Crippen LogP contribution in [-0.4, -0.2) is 34.0 Å². The maximum absolute atomic E-state index is 12.5. The standard InChI is InChI=1S/C18H19N5O2/c1-12-20-16(9-17(24)21-12)14-3-2-8-23(11-14)18(25)22-15-6-4-13(10-19)5-7-15/h4-7,9,14H,2-3,8,11H2,1H3,(H,22,25)(H,20,21,24). The van der Waals surface area contributed by atoms with E-state index in [1.165, 1.54) is 6.07 Å². The van der Waals surface area contributed by atoms with Crippen molar-refractivity contribution in [2.45, 2.75) is 25.7 Å². The molecule has 2 amide bonds. The lowest BCUT2D eigenvalue weighted by atomic mass is 9.94. The zero-order valence-corrected chi connectivity index (χ0v) is 14.0. The van der Waals surface area contributed by atoms with Gasteiger partial charge in [0.15, 0.2) is 0 Å². The highest BCUT2D eigenvalue weighted by Crippen LogP contribution is 2.25. The van der Waals surface area contributed by atoms with E-state index in [2.05, 4.69) is 15.3 Å². The molecule has 1 saturated heterocycles. The van der Waals surface area contributed by atoms with Gasteiger partial charge in [0.25, 0.3) is 5.56 Å². The van der Waals surface area contributed by atoms with Crippen molar-refractivity contribution in [3.05, 3.63) is 57.8 Å². The molecule has 2 N–H and O–H groups in total. The second-order valence-corrected chi connectivity index (χ2v) is 6.16. The minimum atomic E-state index is -0.184. The number of aryl methyl sites for hydroxylation is 1. The van der Waals surface area contributed by atoms with Gasteiger partial charge in [0, 0.05) is 30.8 Å². The van der Waals surface area contributed by atoms with Crippen LogP contribution in [0.2, 0.25) is 0 Å². The first-order chi connectivity index (χ1) is 12.0. The lowest BCUT2D eigenvalue weighted by Gasteiger charge is -2.32. The number of hydrogen-bond donors (Lipinski definition) is 2. The van der Waals surface area contributed by atoms with Crippen LogP contribution in [0.25, 0.3) is 0 Å². The number of amides is 2. The molecule has 0 aliphatic carbocycles. The number of anilines is 1. The van der Waals surface area contributed by atoms with E-state index in [9.17, 15) is 9.59 Å². The Morgan fingerprint density at radius 1 is 1.40 bits per heavy atom. The molecular weight excluding hydrogens is 318 g/mol. The highest BCUT2D eigenvalue weighted by molar-refractivity contribution is 5.89. The fourth-order valence-electron chi connectivity index (χ4n) is 3.05. The first-order valence-electron chi connectivity index (χ1n) is 8.19. The average Bonchev–Trinajstić information content (AvgIpc) is 2.61. The first-order valence-corrected chi connectivity index (χ1v) is 8.19. The van der Waals surface area contributed by atoms with Crippen molar-refractivity contribution in [3.63, 3.8) is 0 Å². The minimum absolute atomic E-state index is 0.0569.